The smallest absolute Gasteiger partial charge is 0.165 e. The fourth-order valence-electron chi connectivity index (χ4n) is 3.57. The van der Waals surface area contributed by atoms with Gasteiger partial charge in [0.1, 0.15) is 0 Å². The van der Waals surface area contributed by atoms with Gasteiger partial charge < -0.3 is 15.4 Å². The zero-order valence-corrected chi connectivity index (χ0v) is 14.8. The summed E-state index contributed by atoms with van der Waals surface area (Å²) >= 11 is 0. The van der Waals surface area contributed by atoms with Crippen molar-refractivity contribution in [2.24, 2.45) is 0 Å². The Labute approximate surface area is 144 Å². The molecular weight excluding hydrogens is 303 g/mol. The van der Waals surface area contributed by atoms with Gasteiger partial charge in [0.25, 0.3) is 0 Å². The van der Waals surface area contributed by atoms with Gasteiger partial charge in [0.15, 0.2) is 11.6 Å². The summed E-state index contributed by atoms with van der Waals surface area (Å²) in [6, 6.07) is 5.96. The molecule has 0 spiro atoms. The molecule has 132 valence electrons. The van der Waals surface area contributed by atoms with E-state index in [0.717, 1.165) is 31.2 Å². The zero-order valence-electron chi connectivity index (χ0n) is 14.8. The first kappa shape index (κ1) is 17.1. The summed E-state index contributed by atoms with van der Waals surface area (Å²) < 4.78 is 20.3. The maximum atomic E-state index is 14.4. The van der Waals surface area contributed by atoms with Crippen LogP contribution in [0.15, 0.2) is 30.1 Å². The second-order valence-electron chi connectivity index (χ2n) is 7.08. The second kappa shape index (κ2) is 7.91. The van der Waals surface area contributed by atoms with Gasteiger partial charge in [-0.1, -0.05) is 19.4 Å². The van der Waals surface area contributed by atoms with Gasteiger partial charge >= 0.3 is 0 Å². The molecule has 3 nitrogen and oxygen atoms in total. The maximum Gasteiger partial charge on any atom is 0.165 e. The van der Waals surface area contributed by atoms with Gasteiger partial charge in [-0.05, 0) is 56.7 Å². The predicted octanol–water partition coefficient (Wildman–Crippen LogP) is 4.80. The topological polar surface area (TPSA) is 33.3 Å². The van der Waals surface area contributed by atoms with Crippen molar-refractivity contribution in [2.75, 3.05) is 0 Å². The van der Waals surface area contributed by atoms with Crippen LogP contribution in [-0.2, 0) is 0 Å². The molecule has 1 aliphatic carbocycles. The van der Waals surface area contributed by atoms with Crippen LogP contribution in [-0.4, -0.2) is 12.1 Å². The van der Waals surface area contributed by atoms with E-state index in [1.54, 1.807) is 12.1 Å². The highest BCUT2D eigenvalue weighted by Crippen LogP contribution is 2.28. The molecule has 1 aromatic carbocycles. The summed E-state index contributed by atoms with van der Waals surface area (Å²) in [6.45, 7) is 4.24. The lowest BCUT2D eigenvalue weighted by molar-refractivity contribution is 0.148. The normalized spacial score (nSPS) is 22.6. The van der Waals surface area contributed by atoms with Crippen LogP contribution in [0.25, 0.3) is 0 Å². The molecule has 1 heterocycles. The first-order valence-electron chi connectivity index (χ1n) is 9.33. The Morgan fingerprint density at radius 2 is 2.08 bits per heavy atom. The summed E-state index contributed by atoms with van der Waals surface area (Å²) in [5.74, 6) is 0.141. The van der Waals surface area contributed by atoms with Crippen LogP contribution in [0.2, 0.25) is 0 Å². The molecule has 0 amide bonds. The van der Waals surface area contributed by atoms with Crippen molar-refractivity contribution >= 4 is 0 Å². The van der Waals surface area contributed by atoms with E-state index in [2.05, 4.69) is 24.5 Å². The van der Waals surface area contributed by atoms with Crippen molar-refractivity contribution in [1.82, 2.24) is 10.6 Å². The molecule has 1 aliphatic heterocycles. The Morgan fingerprint density at radius 3 is 2.75 bits per heavy atom. The van der Waals surface area contributed by atoms with Crippen LogP contribution in [0.5, 0.6) is 5.75 Å². The Kier molecular flexibility index (Phi) is 5.64. The summed E-state index contributed by atoms with van der Waals surface area (Å²) in [7, 11) is 0. The number of rotatable bonds is 6. The zero-order chi connectivity index (χ0) is 16.9. The summed E-state index contributed by atoms with van der Waals surface area (Å²) in [5, 5.41) is 6.84. The van der Waals surface area contributed by atoms with Gasteiger partial charge in [-0.15, -0.1) is 0 Å². The third-order valence-electron chi connectivity index (χ3n) is 5.16. The summed E-state index contributed by atoms with van der Waals surface area (Å²) in [6.07, 6.45) is 10.1. The summed E-state index contributed by atoms with van der Waals surface area (Å²) in [4.78, 5) is 0. The Bertz CT molecular complexity index is 581. The molecule has 4 heteroatoms. The van der Waals surface area contributed by atoms with Crippen molar-refractivity contribution in [2.45, 2.75) is 77.0 Å². The van der Waals surface area contributed by atoms with E-state index in [1.165, 1.54) is 25.0 Å². The quantitative estimate of drug-likeness (QED) is 0.785. The monoisotopic (exact) mass is 332 g/mol. The SMILES string of the molecule is CCC1CC(NC(C)c2ccc(OC3CCCCC3)c(F)c2)=CN1. The predicted molar refractivity (Wildman–Crippen MR) is 95.4 cm³/mol. The van der Waals surface area contributed by atoms with E-state index in [4.69, 9.17) is 4.74 Å². The van der Waals surface area contributed by atoms with E-state index in [-0.39, 0.29) is 18.0 Å². The van der Waals surface area contributed by atoms with Crippen LogP contribution >= 0.6 is 0 Å². The Hall–Kier alpha value is -1.71. The first-order chi connectivity index (χ1) is 11.7. The van der Waals surface area contributed by atoms with Crippen LogP contribution in [0.3, 0.4) is 0 Å². The Balaban J connectivity index is 1.59. The highest BCUT2D eigenvalue weighted by molar-refractivity contribution is 5.31. The van der Waals surface area contributed by atoms with E-state index < -0.39 is 0 Å². The molecule has 1 saturated carbocycles. The first-order valence-corrected chi connectivity index (χ1v) is 9.33. The minimum atomic E-state index is -0.253. The second-order valence-corrected chi connectivity index (χ2v) is 7.08. The maximum absolute atomic E-state index is 14.4. The number of benzene rings is 1. The third kappa shape index (κ3) is 4.22. The molecule has 2 N–H and O–H groups in total. The van der Waals surface area contributed by atoms with Crippen molar-refractivity contribution in [3.8, 4) is 5.75 Å². The van der Waals surface area contributed by atoms with Crippen LogP contribution < -0.4 is 15.4 Å². The van der Waals surface area contributed by atoms with Crippen molar-refractivity contribution in [3.63, 3.8) is 0 Å². The molecule has 1 aromatic rings. The van der Waals surface area contributed by atoms with Crippen LogP contribution in [0.1, 0.15) is 70.4 Å². The van der Waals surface area contributed by atoms with Gasteiger partial charge in [0.05, 0.1) is 6.10 Å². The molecule has 0 aromatic heterocycles. The molecule has 24 heavy (non-hydrogen) atoms. The highest BCUT2D eigenvalue weighted by Gasteiger charge is 2.19. The van der Waals surface area contributed by atoms with Crippen molar-refractivity contribution in [3.05, 3.63) is 41.5 Å². The van der Waals surface area contributed by atoms with E-state index in [1.807, 2.05) is 12.3 Å². The van der Waals surface area contributed by atoms with Gasteiger partial charge in [-0.25, -0.2) is 4.39 Å². The number of halogens is 1. The fourth-order valence-corrected chi connectivity index (χ4v) is 3.57. The minimum absolute atomic E-state index is 0.0758. The fraction of sp³-hybridized carbons (Fsp3) is 0.600. The van der Waals surface area contributed by atoms with Crippen LogP contribution in [0.4, 0.5) is 4.39 Å². The minimum Gasteiger partial charge on any atom is -0.487 e. The molecule has 0 bridgehead atoms. The largest absolute Gasteiger partial charge is 0.487 e. The van der Waals surface area contributed by atoms with Gasteiger partial charge in [-0.2, -0.15) is 0 Å². The standard InChI is InChI=1S/C20H29FN2O/c1-3-16-12-17(13-22-16)23-14(2)15-9-10-20(19(21)11-15)24-18-7-5-4-6-8-18/h9-11,13-14,16,18,22-23H,3-8,12H2,1-2H3. The van der Waals surface area contributed by atoms with E-state index in [0.29, 0.717) is 11.8 Å². The number of ether oxygens (including phenoxy) is 1. The number of hydrogen-bond donors (Lipinski definition) is 2. The van der Waals surface area contributed by atoms with Crippen molar-refractivity contribution < 1.29 is 9.13 Å². The lowest BCUT2D eigenvalue weighted by Crippen LogP contribution is -2.21. The summed E-state index contributed by atoms with van der Waals surface area (Å²) in [5.41, 5.74) is 2.14. The molecular formula is C20H29FN2O. The third-order valence-corrected chi connectivity index (χ3v) is 5.16. The molecule has 3 rings (SSSR count). The van der Waals surface area contributed by atoms with Gasteiger partial charge in [0.2, 0.25) is 0 Å². The highest BCUT2D eigenvalue weighted by atomic mass is 19.1. The molecule has 0 radical (unpaired) electrons. The average molecular weight is 332 g/mol. The molecule has 2 unspecified atom stereocenters. The van der Waals surface area contributed by atoms with E-state index >= 15 is 0 Å². The Morgan fingerprint density at radius 1 is 1.29 bits per heavy atom. The average Bonchev–Trinajstić information content (AvgIpc) is 3.05. The molecule has 0 saturated heterocycles. The molecule has 2 aliphatic rings. The molecule has 2 atom stereocenters. The van der Waals surface area contributed by atoms with Gasteiger partial charge in [-0.3, -0.25) is 0 Å². The van der Waals surface area contributed by atoms with Gasteiger partial charge in [0, 0.05) is 30.4 Å². The molecule has 1 fully saturated rings. The van der Waals surface area contributed by atoms with E-state index in [9.17, 15) is 4.39 Å². The lowest BCUT2D eigenvalue weighted by Gasteiger charge is -2.24. The number of hydrogen-bond acceptors (Lipinski definition) is 3. The van der Waals surface area contributed by atoms with Crippen molar-refractivity contribution in [1.29, 1.82) is 0 Å². The number of nitrogens with one attached hydrogen (secondary N) is 2. The lowest BCUT2D eigenvalue weighted by atomic mass is 9.98. The van der Waals surface area contributed by atoms with Crippen LogP contribution in [0, 0.1) is 5.82 Å².